The average molecular weight is 441 g/mol. The Morgan fingerprint density at radius 2 is 2.32 bits per heavy atom. The molecule has 0 radical (unpaired) electrons. The van der Waals surface area contributed by atoms with Crippen molar-refractivity contribution < 1.29 is 14.6 Å². The predicted octanol–water partition coefficient (Wildman–Crippen LogP) is 3.54. The van der Waals surface area contributed by atoms with Gasteiger partial charge in [0.05, 0.1) is 30.8 Å². The molecule has 0 bridgehead atoms. The number of dihydropyridines is 1. The molecule has 162 valence electrons. The van der Waals surface area contributed by atoms with Gasteiger partial charge in [-0.3, -0.25) is 19.8 Å². The number of aliphatic hydroxyl groups is 1. The first-order valence-electron chi connectivity index (χ1n) is 10.3. The lowest BCUT2D eigenvalue weighted by Gasteiger charge is -2.24. The van der Waals surface area contributed by atoms with Crippen LogP contribution in [-0.4, -0.2) is 59.3 Å². The highest BCUT2D eigenvalue weighted by molar-refractivity contribution is 6.21. The fourth-order valence-electron chi connectivity index (χ4n) is 3.88. The number of halogens is 1. The molecule has 0 aliphatic carbocycles. The van der Waals surface area contributed by atoms with E-state index >= 15 is 0 Å². The van der Waals surface area contributed by atoms with Crippen LogP contribution in [0.1, 0.15) is 35.7 Å². The summed E-state index contributed by atoms with van der Waals surface area (Å²) in [5.41, 5.74) is 3.12. The van der Waals surface area contributed by atoms with Gasteiger partial charge in [-0.2, -0.15) is 0 Å². The molecular formula is C23H25ClN4O3. The second kappa shape index (κ2) is 9.68. The summed E-state index contributed by atoms with van der Waals surface area (Å²) in [5, 5.41) is 15.1. The molecule has 2 N–H and O–H groups in total. The topological polar surface area (TPSA) is 96.2 Å². The van der Waals surface area contributed by atoms with Crippen LogP contribution in [0.2, 0.25) is 0 Å². The number of nitrogens with zero attached hydrogens (tertiary/aromatic N) is 3. The maximum atomic E-state index is 12.5. The van der Waals surface area contributed by atoms with Crippen molar-refractivity contribution in [1.29, 1.82) is 0 Å². The number of carbonyl (C=O) groups is 1. The smallest absolute Gasteiger partial charge is 0.161 e. The molecule has 2 aromatic rings. The van der Waals surface area contributed by atoms with Crippen LogP contribution in [0.4, 0.5) is 5.69 Å². The van der Waals surface area contributed by atoms with Gasteiger partial charge in [-0.1, -0.05) is 17.7 Å². The second-order valence-electron chi connectivity index (χ2n) is 7.76. The summed E-state index contributed by atoms with van der Waals surface area (Å²) in [6, 6.07) is 3.58. The highest BCUT2D eigenvalue weighted by atomic mass is 35.5. The monoisotopic (exact) mass is 440 g/mol. The number of rotatable bonds is 6. The third kappa shape index (κ3) is 5.01. The molecule has 4 rings (SSSR count). The van der Waals surface area contributed by atoms with Gasteiger partial charge in [0, 0.05) is 48.0 Å². The number of pyridine rings is 1. The largest absolute Gasteiger partial charge is 0.388 e. The van der Waals surface area contributed by atoms with Gasteiger partial charge in [0.25, 0.3) is 0 Å². The minimum atomic E-state index is -0.625. The van der Waals surface area contributed by atoms with Crippen molar-refractivity contribution in [1.82, 2.24) is 4.98 Å². The van der Waals surface area contributed by atoms with Crippen molar-refractivity contribution in [3.8, 4) is 0 Å². The molecule has 3 atom stereocenters. The molecule has 2 aliphatic rings. The molecule has 1 saturated heterocycles. The molecule has 3 heterocycles. The zero-order valence-electron chi connectivity index (χ0n) is 17.3. The quantitative estimate of drug-likeness (QED) is 0.235. The molecule has 2 aliphatic heterocycles. The molecule has 3 unspecified atom stereocenters. The molecule has 1 fully saturated rings. The van der Waals surface area contributed by atoms with Crippen LogP contribution in [0.15, 0.2) is 46.2 Å². The number of aromatic nitrogens is 1. The Balaban J connectivity index is 1.68. The van der Waals surface area contributed by atoms with Crippen molar-refractivity contribution in [3.05, 3.63) is 47.3 Å². The number of alkyl halides is 1. The minimum absolute atomic E-state index is 0.0472. The standard InChI is InChI=1S/C23H25ClN4O3/c1-14(29)18-9-16(8-15-2-3-22(24)26-10-15)19-11-25-6-4-17(19)23(18)28-13-27-20-5-7-31-12-21(20)30/h2,4,6,9-11,13,20-22,30H,3,5,7-8,12H2,1H3,(H,27,28). The summed E-state index contributed by atoms with van der Waals surface area (Å²) in [4.78, 5) is 25.5. The lowest BCUT2D eigenvalue weighted by Crippen LogP contribution is -2.35. The third-order valence-electron chi connectivity index (χ3n) is 5.54. The van der Waals surface area contributed by atoms with E-state index in [0.29, 0.717) is 37.1 Å². The van der Waals surface area contributed by atoms with Gasteiger partial charge in [0.1, 0.15) is 5.50 Å². The number of anilines is 1. The Kier molecular flexibility index (Phi) is 6.75. The van der Waals surface area contributed by atoms with E-state index in [1.54, 1.807) is 25.7 Å². The normalized spacial score (nSPS) is 23.8. The van der Waals surface area contributed by atoms with Crippen LogP contribution in [0.5, 0.6) is 0 Å². The zero-order valence-corrected chi connectivity index (χ0v) is 18.0. The van der Waals surface area contributed by atoms with Crippen molar-refractivity contribution in [2.45, 2.75) is 43.8 Å². The van der Waals surface area contributed by atoms with Crippen LogP contribution >= 0.6 is 11.6 Å². The summed E-state index contributed by atoms with van der Waals surface area (Å²) in [5.74, 6) is -0.0472. The number of carbonyl (C=O) groups excluding carboxylic acids is 1. The van der Waals surface area contributed by atoms with Crippen LogP contribution in [-0.2, 0) is 11.2 Å². The van der Waals surface area contributed by atoms with Crippen LogP contribution in [0, 0.1) is 0 Å². The Bertz CT molecular complexity index is 1070. The average Bonchev–Trinajstić information content (AvgIpc) is 2.77. The van der Waals surface area contributed by atoms with Gasteiger partial charge in [-0.05, 0) is 43.0 Å². The number of hydrogen-bond donors (Lipinski definition) is 2. The van der Waals surface area contributed by atoms with E-state index in [4.69, 9.17) is 16.3 Å². The van der Waals surface area contributed by atoms with Gasteiger partial charge in [-0.15, -0.1) is 0 Å². The molecular weight excluding hydrogens is 416 g/mol. The molecule has 7 nitrogen and oxygen atoms in total. The van der Waals surface area contributed by atoms with E-state index < -0.39 is 6.10 Å². The molecule has 0 amide bonds. The summed E-state index contributed by atoms with van der Waals surface area (Å²) in [6.07, 6.45) is 10.3. The number of nitrogens with one attached hydrogen (secondary N) is 1. The highest BCUT2D eigenvalue weighted by Gasteiger charge is 2.22. The summed E-state index contributed by atoms with van der Waals surface area (Å²) in [6.45, 7) is 2.41. The van der Waals surface area contributed by atoms with E-state index in [2.05, 4.69) is 26.4 Å². The number of aliphatic imine (C=N–C) groups is 2. The molecule has 1 aromatic carbocycles. The summed E-state index contributed by atoms with van der Waals surface area (Å²) < 4.78 is 5.25. The Hall–Kier alpha value is -2.61. The number of fused-ring (bicyclic) bond motifs is 1. The van der Waals surface area contributed by atoms with Crippen LogP contribution in [0.25, 0.3) is 10.8 Å². The minimum Gasteiger partial charge on any atom is -0.388 e. The first kappa shape index (κ1) is 21.6. The van der Waals surface area contributed by atoms with Gasteiger partial charge in [-0.25, -0.2) is 0 Å². The lowest BCUT2D eigenvalue weighted by atomic mass is 9.93. The highest BCUT2D eigenvalue weighted by Crippen LogP contribution is 2.32. The van der Waals surface area contributed by atoms with E-state index in [9.17, 15) is 9.90 Å². The SMILES string of the molecule is CC(=O)c1cc(CC2=CCC(Cl)N=C2)c2cnccc2c1NC=NC1CCOCC1O. The number of hydrogen-bond acceptors (Lipinski definition) is 6. The number of ketones is 1. The van der Waals surface area contributed by atoms with Gasteiger partial charge in [0.2, 0.25) is 0 Å². The molecule has 0 spiro atoms. The van der Waals surface area contributed by atoms with E-state index in [1.807, 2.05) is 18.3 Å². The summed E-state index contributed by atoms with van der Waals surface area (Å²) in [7, 11) is 0. The Labute approximate surface area is 185 Å². The van der Waals surface area contributed by atoms with Gasteiger partial charge < -0.3 is 15.2 Å². The first-order chi connectivity index (χ1) is 15.0. The third-order valence-corrected chi connectivity index (χ3v) is 5.83. The number of allylic oxidation sites excluding steroid dienone is 1. The van der Waals surface area contributed by atoms with Crippen molar-refractivity contribution in [2.24, 2.45) is 9.98 Å². The first-order valence-corrected chi connectivity index (χ1v) is 10.8. The van der Waals surface area contributed by atoms with Gasteiger partial charge in [0.15, 0.2) is 5.78 Å². The molecule has 31 heavy (non-hydrogen) atoms. The zero-order chi connectivity index (χ0) is 21.8. The fraction of sp³-hybridized carbons (Fsp3) is 0.391. The number of benzene rings is 1. The van der Waals surface area contributed by atoms with Crippen molar-refractivity contribution >= 4 is 46.4 Å². The molecule has 8 heteroatoms. The fourth-order valence-corrected chi connectivity index (χ4v) is 4.02. The van der Waals surface area contributed by atoms with E-state index in [0.717, 1.165) is 21.9 Å². The van der Waals surface area contributed by atoms with E-state index in [1.165, 1.54) is 0 Å². The predicted molar refractivity (Wildman–Crippen MR) is 124 cm³/mol. The second-order valence-corrected chi connectivity index (χ2v) is 8.26. The maximum absolute atomic E-state index is 12.5. The van der Waals surface area contributed by atoms with Gasteiger partial charge >= 0.3 is 0 Å². The molecule has 0 saturated carbocycles. The number of aliphatic hydroxyl groups excluding tert-OH is 1. The number of ether oxygens (including phenoxy) is 1. The van der Waals surface area contributed by atoms with Crippen LogP contribution in [0.3, 0.4) is 0 Å². The summed E-state index contributed by atoms with van der Waals surface area (Å²) >= 11 is 6.04. The van der Waals surface area contributed by atoms with E-state index in [-0.39, 0.29) is 23.9 Å². The Morgan fingerprint density at radius 1 is 1.45 bits per heavy atom. The maximum Gasteiger partial charge on any atom is 0.161 e. The Morgan fingerprint density at radius 3 is 3.06 bits per heavy atom. The lowest BCUT2D eigenvalue weighted by molar-refractivity contribution is -0.0175. The van der Waals surface area contributed by atoms with Crippen molar-refractivity contribution in [3.63, 3.8) is 0 Å². The number of Topliss-reactive ketones (excluding diaryl/α,β-unsaturated/α-hetero) is 1. The van der Waals surface area contributed by atoms with Crippen molar-refractivity contribution in [2.75, 3.05) is 18.5 Å². The molecule has 1 aromatic heterocycles. The van der Waals surface area contributed by atoms with Crippen LogP contribution < -0.4 is 5.32 Å².